The van der Waals surface area contributed by atoms with E-state index in [9.17, 15) is 0 Å². The Labute approximate surface area is 111 Å². The van der Waals surface area contributed by atoms with Crippen molar-refractivity contribution in [1.82, 2.24) is 5.32 Å². The number of para-hydroxylation sites is 1. The lowest BCUT2D eigenvalue weighted by Gasteiger charge is -2.20. The predicted molar refractivity (Wildman–Crippen MR) is 76.7 cm³/mol. The first-order valence-electron chi connectivity index (χ1n) is 6.59. The van der Waals surface area contributed by atoms with Crippen molar-refractivity contribution >= 4 is 0 Å². The Hall–Kier alpha value is -1.46. The smallest absolute Gasteiger partial charge is 0.123 e. The maximum absolute atomic E-state index is 5.44. The van der Waals surface area contributed by atoms with E-state index in [1.807, 2.05) is 19.1 Å². The minimum absolute atomic E-state index is 0.321. The van der Waals surface area contributed by atoms with Crippen LogP contribution in [0.25, 0.3) is 0 Å². The third kappa shape index (κ3) is 4.43. The van der Waals surface area contributed by atoms with Crippen LogP contribution in [0.4, 0.5) is 0 Å². The summed E-state index contributed by atoms with van der Waals surface area (Å²) < 4.78 is 5.44. The van der Waals surface area contributed by atoms with Crippen LogP contribution in [0, 0.1) is 11.8 Å². The molecule has 2 heteroatoms. The molecule has 0 aromatic heterocycles. The Balaban J connectivity index is 2.81. The van der Waals surface area contributed by atoms with E-state index in [0.29, 0.717) is 6.04 Å². The van der Waals surface area contributed by atoms with Crippen LogP contribution >= 0.6 is 0 Å². The summed E-state index contributed by atoms with van der Waals surface area (Å²) in [5, 5.41) is 3.57. The van der Waals surface area contributed by atoms with Crippen molar-refractivity contribution in [3.05, 3.63) is 29.8 Å². The molecule has 1 aromatic rings. The van der Waals surface area contributed by atoms with Gasteiger partial charge in [0.05, 0.1) is 7.11 Å². The van der Waals surface area contributed by atoms with Crippen LogP contribution in [0.2, 0.25) is 0 Å². The van der Waals surface area contributed by atoms with Gasteiger partial charge in [-0.2, -0.15) is 0 Å². The molecule has 1 aromatic carbocycles. The van der Waals surface area contributed by atoms with Gasteiger partial charge in [0.15, 0.2) is 0 Å². The number of rotatable bonds is 7. The lowest BCUT2D eigenvalue weighted by molar-refractivity contribution is 0.395. The Morgan fingerprint density at radius 2 is 2.11 bits per heavy atom. The SMILES string of the molecule is CC#CCCC(NCCC)c1ccccc1OC. The van der Waals surface area contributed by atoms with Crippen LogP contribution in [0.3, 0.4) is 0 Å². The number of hydrogen-bond acceptors (Lipinski definition) is 2. The Kier molecular flexibility index (Phi) is 6.98. The molecular formula is C16H23NO. The summed E-state index contributed by atoms with van der Waals surface area (Å²) in [5.41, 5.74) is 1.23. The van der Waals surface area contributed by atoms with E-state index < -0.39 is 0 Å². The predicted octanol–water partition coefficient (Wildman–Crippen LogP) is 3.54. The molecule has 0 saturated heterocycles. The lowest BCUT2D eigenvalue weighted by Crippen LogP contribution is -2.22. The van der Waals surface area contributed by atoms with E-state index in [0.717, 1.165) is 31.6 Å². The van der Waals surface area contributed by atoms with Gasteiger partial charge in [-0.3, -0.25) is 0 Å². The highest BCUT2D eigenvalue weighted by atomic mass is 16.5. The summed E-state index contributed by atoms with van der Waals surface area (Å²) in [7, 11) is 1.72. The van der Waals surface area contributed by atoms with Gasteiger partial charge < -0.3 is 10.1 Å². The zero-order valence-electron chi connectivity index (χ0n) is 11.6. The second kappa shape index (κ2) is 8.60. The molecule has 0 aliphatic carbocycles. The van der Waals surface area contributed by atoms with Gasteiger partial charge in [-0.05, 0) is 32.4 Å². The van der Waals surface area contributed by atoms with Gasteiger partial charge in [0.25, 0.3) is 0 Å². The molecule has 0 aliphatic heterocycles. The van der Waals surface area contributed by atoms with Crippen LogP contribution in [0.15, 0.2) is 24.3 Å². The molecule has 1 rings (SSSR count). The number of ether oxygens (including phenoxy) is 1. The molecule has 0 radical (unpaired) electrons. The highest BCUT2D eigenvalue weighted by molar-refractivity contribution is 5.36. The summed E-state index contributed by atoms with van der Waals surface area (Å²) in [6, 6.07) is 8.53. The van der Waals surface area contributed by atoms with Crippen LogP contribution in [-0.2, 0) is 0 Å². The average molecular weight is 245 g/mol. The molecule has 0 aliphatic rings. The normalized spacial score (nSPS) is 11.5. The van der Waals surface area contributed by atoms with Gasteiger partial charge in [-0.15, -0.1) is 11.8 Å². The van der Waals surface area contributed by atoms with Crippen molar-refractivity contribution in [2.45, 2.75) is 39.2 Å². The number of benzene rings is 1. The monoisotopic (exact) mass is 245 g/mol. The minimum Gasteiger partial charge on any atom is -0.496 e. The second-order valence-electron chi connectivity index (χ2n) is 4.21. The average Bonchev–Trinajstić information content (AvgIpc) is 2.42. The highest BCUT2D eigenvalue weighted by Gasteiger charge is 2.14. The number of methoxy groups -OCH3 is 1. The molecule has 0 spiro atoms. The van der Waals surface area contributed by atoms with Gasteiger partial charge in [0.2, 0.25) is 0 Å². The van der Waals surface area contributed by atoms with E-state index in [4.69, 9.17) is 4.74 Å². The molecule has 18 heavy (non-hydrogen) atoms. The first-order valence-corrected chi connectivity index (χ1v) is 6.59. The molecule has 0 heterocycles. The zero-order valence-corrected chi connectivity index (χ0v) is 11.6. The van der Waals surface area contributed by atoms with Crippen molar-refractivity contribution in [3.63, 3.8) is 0 Å². The first-order chi connectivity index (χ1) is 8.83. The van der Waals surface area contributed by atoms with Crippen LogP contribution in [0.5, 0.6) is 5.75 Å². The summed E-state index contributed by atoms with van der Waals surface area (Å²) in [6.45, 7) is 5.08. The summed E-state index contributed by atoms with van der Waals surface area (Å²) >= 11 is 0. The van der Waals surface area contributed by atoms with Crippen molar-refractivity contribution in [3.8, 4) is 17.6 Å². The summed E-state index contributed by atoms with van der Waals surface area (Å²) in [4.78, 5) is 0. The number of nitrogens with one attached hydrogen (secondary N) is 1. The molecule has 0 saturated carbocycles. The maximum atomic E-state index is 5.44. The van der Waals surface area contributed by atoms with Gasteiger partial charge in [-0.1, -0.05) is 25.1 Å². The minimum atomic E-state index is 0.321. The van der Waals surface area contributed by atoms with Gasteiger partial charge >= 0.3 is 0 Å². The zero-order chi connectivity index (χ0) is 13.2. The van der Waals surface area contributed by atoms with E-state index in [2.05, 4.69) is 36.2 Å². The topological polar surface area (TPSA) is 21.3 Å². The van der Waals surface area contributed by atoms with Crippen molar-refractivity contribution in [1.29, 1.82) is 0 Å². The fourth-order valence-corrected chi connectivity index (χ4v) is 1.98. The molecule has 1 atom stereocenters. The van der Waals surface area contributed by atoms with Crippen molar-refractivity contribution < 1.29 is 4.74 Å². The second-order valence-corrected chi connectivity index (χ2v) is 4.21. The first kappa shape index (κ1) is 14.6. The molecule has 0 amide bonds. The van der Waals surface area contributed by atoms with E-state index in [-0.39, 0.29) is 0 Å². The molecular weight excluding hydrogens is 222 g/mol. The number of hydrogen-bond donors (Lipinski definition) is 1. The van der Waals surface area contributed by atoms with Gasteiger partial charge in [0, 0.05) is 18.0 Å². The highest BCUT2D eigenvalue weighted by Crippen LogP contribution is 2.27. The van der Waals surface area contributed by atoms with Gasteiger partial charge in [-0.25, -0.2) is 0 Å². The molecule has 98 valence electrons. The molecule has 0 bridgehead atoms. The van der Waals surface area contributed by atoms with Crippen molar-refractivity contribution in [2.24, 2.45) is 0 Å². The molecule has 0 fully saturated rings. The van der Waals surface area contributed by atoms with Crippen LogP contribution < -0.4 is 10.1 Å². The standard InChI is InChI=1S/C16H23NO/c1-4-6-7-11-15(17-13-5-2)14-10-8-9-12-16(14)18-3/h8-10,12,15,17H,5,7,11,13H2,1-3H3. The van der Waals surface area contributed by atoms with Crippen LogP contribution in [-0.4, -0.2) is 13.7 Å². The quantitative estimate of drug-likeness (QED) is 0.742. The Morgan fingerprint density at radius 3 is 2.78 bits per heavy atom. The largest absolute Gasteiger partial charge is 0.496 e. The molecule has 1 N–H and O–H groups in total. The molecule has 1 unspecified atom stereocenters. The lowest BCUT2D eigenvalue weighted by atomic mass is 10.0. The Morgan fingerprint density at radius 1 is 1.33 bits per heavy atom. The van der Waals surface area contributed by atoms with E-state index >= 15 is 0 Å². The summed E-state index contributed by atoms with van der Waals surface area (Å²) in [5.74, 6) is 7.04. The Bertz CT molecular complexity index is 403. The fraction of sp³-hybridized carbons (Fsp3) is 0.500. The summed E-state index contributed by atoms with van der Waals surface area (Å²) in [6.07, 6.45) is 3.06. The van der Waals surface area contributed by atoms with Gasteiger partial charge in [0.1, 0.15) is 5.75 Å². The van der Waals surface area contributed by atoms with Crippen molar-refractivity contribution in [2.75, 3.05) is 13.7 Å². The van der Waals surface area contributed by atoms with Crippen LogP contribution in [0.1, 0.15) is 44.7 Å². The maximum Gasteiger partial charge on any atom is 0.123 e. The fourth-order valence-electron chi connectivity index (χ4n) is 1.98. The molecule has 2 nitrogen and oxygen atoms in total. The third-order valence-electron chi connectivity index (χ3n) is 2.89. The van der Waals surface area contributed by atoms with E-state index in [1.165, 1.54) is 5.56 Å². The third-order valence-corrected chi connectivity index (χ3v) is 2.89. The van der Waals surface area contributed by atoms with E-state index in [1.54, 1.807) is 7.11 Å².